The first kappa shape index (κ1) is 16.7. The molecule has 4 rings (SSSR count). The maximum atomic E-state index is 11.8. The van der Waals surface area contributed by atoms with Crippen LogP contribution in [0.15, 0.2) is 12.1 Å². The number of carbonyl (C=O) groups excluding carboxylic acids is 1. The molecule has 2 fully saturated rings. The molecule has 0 saturated heterocycles. The highest BCUT2D eigenvalue weighted by Crippen LogP contribution is 2.65. The largest absolute Gasteiger partial charge is 0.496 e. The first-order chi connectivity index (χ1) is 12.0. The third-order valence-corrected chi connectivity index (χ3v) is 6.93. The van der Waals surface area contributed by atoms with Crippen LogP contribution >= 0.6 is 0 Å². The average molecular weight is 344 g/mol. The molecule has 1 aromatic carbocycles. The molecule has 0 aromatic heterocycles. The fraction of sp³-hybridized carbons (Fsp3) is 0.667. The molecular weight excluding hydrogens is 316 g/mol. The zero-order valence-electron chi connectivity index (χ0n) is 15.5. The number of fused-ring (bicyclic) bond motifs is 3. The van der Waals surface area contributed by atoms with Gasteiger partial charge in [-0.1, -0.05) is 19.3 Å². The van der Waals surface area contributed by atoms with Crippen molar-refractivity contribution in [3.8, 4) is 11.5 Å². The fourth-order valence-corrected chi connectivity index (χ4v) is 5.83. The Morgan fingerprint density at radius 1 is 1.20 bits per heavy atom. The predicted octanol–water partition coefficient (Wildman–Crippen LogP) is 4.31. The summed E-state index contributed by atoms with van der Waals surface area (Å²) in [6.07, 6.45) is 8.16. The number of ether oxygens (including phenoxy) is 3. The zero-order valence-corrected chi connectivity index (χ0v) is 15.5. The summed E-state index contributed by atoms with van der Waals surface area (Å²) in [7, 11) is 1.71. The second-order valence-corrected chi connectivity index (χ2v) is 8.06. The van der Waals surface area contributed by atoms with Crippen LogP contribution in [0, 0.1) is 12.3 Å². The van der Waals surface area contributed by atoms with Crippen molar-refractivity contribution < 1.29 is 19.0 Å². The van der Waals surface area contributed by atoms with Crippen molar-refractivity contribution in [3.63, 3.8) is 0 Å². The number of esters is 1. The number of aryl methyl sites for hydroxylation is 1. The molecule has 0 unspecified atom stereocenters. The standard InChI is InChI=1S/C21H28O4/c1-14-11-18-16(12-17(14)23-3)21(13-24-18)19(25-15(2)22)7-10-20(21)8-5-4-6-9-20/h11-12,19H,4-10,13H2,1-3H3/t19-,21+/m1/s1. The number of hydrogen-bond acceptors (Lipinski definition) is 4. The lowest BCUT2D eigenvalue weighted by Gasteiger charge is -2.47. The van der Waals surface area contributed by atoms with Gasteiger partial charge in [-0.15, -0.1) is 0 Å². The van der Waals surface area contributed by atoms with E-state index < -0.39 is 0 Å². The van der Waals surface area contributed by atoms with Crippen molar-refractivity contribution in [3.05, 3.63) is 23.3 Å². The Morgan fingerprint density at radius 3 is 2.64 bits per heavy atom. The van der Waals surface area contributed by atoms with Gasteiger partial charge in [-0.2, -0.15) is 0 Å². The first-order valence-electron chi connectivity index (χ1n) is 9.51. The van der Waals surface area contributed by atoms with E-state index in [4.69, 9.17) is 14.2 Å². The summed E-state index contributed by atoms with van der Waals surface area (Å²) in [6, 6.07) is 4.23. The second kappa shape index (κ2) is 5.93. The lowest BCUT2D eigenvalue weighted by molar-refractivity contribution is -0.151. The van der Waals surface area contributed by atoms with Crippen LogP contribution in [0.5, 0.6) is 11.5 Å². The molecule has 0 amide bonds. The van der Waals surface area contributed by atoms with Crippen LogP contribution in [0.3, 0.4) is 0 Å². The molecule has 0 N–H and O–H groups in total. The molecule has 3 aliphatic rings. The molecule has 2 aliphatic carbocycles. The van der Waals surface area contributed by atoms with E-state index in [9.17, 15) is 4.79 Å². The summed E-state index contributed by atoms with van der Waals surface area (Å²) >= 11 is 0. The molecular formula is C21H28O4. The summed E-state index contributed by atoms with van der Waals surface area (Å²) < 4.78 is 17.7. The van der Waals surface area contributed by atoms with Gasteiger partial charge in [-0.3, -0.25) is 4.79 Å². The molecule has 2 spiro atoms. The van der Waals surface area contributed by atoms with Crippen molar-refractivity contribution in [2.45, 2.75) is 70.3 Å². The summed E-state index contributed by atoms with van der Waals surface area (Å²) in [5.74, 6) is 1.65. The van der Waals surface area contributed by atoms with E-state index in [-0.39, 0.29) is 22.9 Å². The van der Waals surface area contributed by atoms with Gasteiger partial charge in [0.15, 0.2) is 0 Å². The Bertz CT molecular complexity index is 689. The van der Waals surface area contributed by atoms with Gasteiger partial charge in [-0.05, 0) is 55.7 Å². The van der Waals surface area contributed by atoms with Crippen LogP contribution in [-0.4, -0.2) is 25.8 Å². The Hall–Kier alpha value is -1.71. The third kappa shape index (κ3) is 2.29. The highest BCUT2D eigenvalue weighted by Gasteiger charge is 2.65. The topological polar surface area (TPSA) is 44.8 Å². The van der Waals surface area contributed by atoms with Crippen molar-refractivity contribution in [1.29, 1.82) is 0 Å². The van der Waals surface area contributed by atoms with Crippen LogP contribution in [0.4, 0.5) is 0 Å². The van der Waals surface area contributed by atoms with E-state index in [1.54, 1.807) is 7.11 Å². The maximum absolute atomic E-state index is 11.8. The van der Waals surface area contributed by atoms with Crippen LogP contribution in [0.2, 0.25) is 0 Å². The maximum Gasteiger partial charge on any atom is 0.302 e. The molecule has 25 heavy (non-hydrogen) atoms. The fourth-order valence-electron chi connectivity index (χ4n) is 5.83. The highest BCUT2D eigenvalue weighted by molar-refractivity contribution is 5.67. The Morgan fingerprint density at radius 2 is 1.96 bits per heavy atom. The minimum absolute atomic E-state index is 0.100. The molecule has 1 aromatic rings. The number of carbonyl (C=O) groups is 1. The minimum atomic E-state index is -0.227. The smallest absolute Gasteiger partial charge is 0.302 e. The predicted molar refractivity (Wildman–Crippen MR) is 95.2 cm³/mol. The van der Waals surface area contributed by atoms with Gasteiger partial charge in [0.05, 0.1) is 12.5 Å². The van der Waals surface area contributed by atoms with Gasteiger partial charge in [0.25, 0.3) is 0 Å². The van der Waals surface area contributed by atoms with Crippen molar-refractivity contribution in [1.82, 2.24) is 0 Å². The Labute approximate surface area is 149 Å². The van der Waals surface area contributed by atoms with Crippen molar-refractivity contribution in [2.24, 2.45) is 5.41 Å². The number of hydrogen-bond donors (Lipinski definition) is 0. The van der Waals surface area contributed by atoms with Gasteiger partial charge in [0, 0.05) is 12.5 Å². The normalized spacial score (nSPS) is 29.5. The summed E-state index contributed by atoms with van der Waals surface area (Å²) in [5.41, 5.74) is 2.23. The summed E-state index contributed by atoms with van der Waals surface area (Å²) in [5, 5.41) is 0. The number of rotatable bonds is 2. The van der Waals surface area contributed by atoms with Gasteiger partial charge < -0.3 is 14.2 Å². The number of methoxy groups -OCH3 is 1. The second-order valence-electron chi connectivity index (χ2n) is 8.06. The van der Waals surface area contributed by atoms with Gasteiger partial charge in [-0.25, -0.2) is 0 Å². The van der Waals surface area contributed by atoms with E-state index in [0.29, 0.717) is 6.61 Å². The minimum Gasteiger partial charge on any atom is -0.496 e. The molecule has 1 aliphatic heterocycles. The molecule has 0 radical (unpaired) electrons. The molecule has 0 bridgehead atoms. The van der Waals surface area contributed by atoms with E-state index in [0.717, 1.165) is 29.9 Å². The Balaban J connectivity index is 1.87. The van der Waals surface area contributed by atoms with E-state index in [1.807, 2.05) is 6.92 Å². The van der Waals surface area contributed by atoms with Crippen LogP contribution in [0.1, 0.15) is 63.0 Å². The monoisotopic (exact) mass is 344 g/mol. The molecule has 2 saturated carbocycles. The zero-order chi connectivity index (χ0) is 17.7. The van der Waals surface area contributed by atoms with E-state index in [2.05, 4.69) is 12.1 Å². The highest BCUT2D eigenvalue weighted by atomic mass is 16.5. The molecule has 4 heteroatoms. The molecule has 4 nitrogen and oxygen atoms in total. The summed E-state index contributed by atoms with van der Waals surface area (Å²) in [6.45, 7) is 4.18. The summed E-state index contributed by atoms with van der Waals surface area (Å²) in [4.78, 5) is 11.8. The lowest BCUT2D eigenvalue weighted by atomic mass is 9.56. The van der Waals surface area contributed by atoms with Gasteiger partial charge in [0.2, 0.25) is 0 Å². The van der Waals surface area contributed by atoms with Crippen LogP contribution < -0.4 is 9.47 Å². The molecule has 2 atom stereocenters. The van der Waals surface area contributed by atoms with E-state index >= 15 is 0 Å². The van der Waals surface area contributed by atoms with Crippen LogP contribution in [-0.2, 0) is 14.9 Å². The first-order valence-corrected chi connectivity index (χ1v) is 9.51. The van der Waals surface area contributed by atoms with Crippen molar-refractivity contribution in [2.75, 3.05) is 13.7 Å². The average Bonchev–Trinajstić information content (AvgIpc) is 3.10. The molecule has 136 valence electrons. The van der Waals surface area contributed by atoms with Crippen molar-refractivity contribution >= 4 is 5.97 Å². The van der Waals surface area contributed by atoms with Gasteiger partial charge >= 0.3 is 5.97 Å². The van der Waals surface area contributed by atoms with Gasteiger partial charge in [0.1, 0.15) is 24.2 Å². The Kier molecular flexibility index (Phi) is 3.97. The number of benzene rings is 1. The molecule has 1 heterocycles. The van der Waals surface area contributed by atoms with E-state index in [1.165, 1.54) is 44.6 Å². The van der Waals surface area contributed by atoms with Crippen LogP contribution in [0.25, 0.3) is 0 Å². The third-order valence-electron chi connectivity index (χ3n) is 6.93. The lowest BCUT2D eigenvalue weighted by Crippen LogP contribution is -2.51. The quantitative estimate of drug-likeness (QED) is 0.750. The SMILES string of the molecule is COc1cc2c(cc1C)OC[C@@]21[C@H](OC(C)=O)CCC12CCCCC2.